The summed E-state index contributed by atoms with van der Waals surface area (Å²) in [6, 6.07) is 6.94. The van der Waals surface area contributed by atoms with Crippen LogP contribution >= 0.6 is 0 Å². The van der Waals surface area contributed by atoms with Crippen LogP contribution in [-0.4, -0.2) is 34.5 Å². The molecule has 0 aromatic heterocycles. The summed E-state index contributed by atoms with van der Waals surface area (Å²) in [7, 11) is 4.76. The number of fused-ring (bicyclic) bond motifs is 1. The van der Waals surface area contributed by atoms with Gasteiger partial charge in [0.1, 0.15) is 5.75 Å². The Kier molecular flexibility index (Phi) is 5.94. The van der Waals surface area contributed by atoms with Gasteiger partial charge in [-0.2, -0.15) is 0 Å². The lowest BCUT2D eigenvalue weighted by molar-refractivity contribution is 0.213. The zero-order valence-electron chi connectivity index (χ0n) is 16.1. The molecule has 0 saturated heterocycles. The van der Waals surface area contributed by atoms with Gasteiger partial charge in [0.05, 0.1) is 34.5 Å². The van der Waals surface area contributed by atoms with Crippen molar-refractivity contribution in [1.29, 1.82) is 0 Å². The van der Waals surface area contributed by atoms with Gasteiger partial charge in [-0.15, -0.1) is 0 Å². The Bertz CT molecular complexity index is 806. The van der Waals surface area contributed by atoms with Crippen molar-refractivity contribution < 1.29 is 28.1 Å². The molecule has 0 N–H and O–H groups in total. The van der Waals surface area contributed by atoms with Crippen molar-refractivity contribution >= 4 is 0 Å². The highest BCUT2D eigenvalue weighted by Crippen LogP contribution is 2.47. The molecule has 1 aliphatic heterocycles. The average molecular weight is 376 g/mol. The predicted molar refractivity (Wildman–Crippen MR) is 100 cm³/mol. The number of hydrogen-bond acceptors (Lipinski definition) is 5. The van der Waals surface area contributed by atoms with E-state index in [1.54, 1.807) is 27.4 Å². The topological polar surface area (TPSA) is 46.2 Å². The first-order valence-electron chi connectivity index (χ1n) is 8.97. The number of ether oxygens (including phenoxy) is 5. The van der Waals surface area contributed by atoms with Gasteiger partial charge in [0, 0.05) is 17.5 Å². The molecular weight excluding hydrogens is 351 g/mol. The van der Waals surface area contributed by atoms with Gasteiger partial charge in [-0.25, -0.2) is 4.39 Å². The Morgan fingerprint density at radius 3 is 2.44 bits per heavy atom. The number of methoxy groups -OCH3 is 3. The SMILES string of the molecule is CCOc1ccc(CC2COc3cc(OC)c(OC)c(OC)c3C2)cc1F. The van der Waals surface area contributed by atoms with Crippen molar-refractivity contribution in [3.8, 4) is 28.7 Å². The summed E-state index contributed by atoms with van der Waals surface area (Å²) in [5.41, 5.74) is 1.85. The Morgan fingerprint density at radius 1 is 1.04 bits per heavy atom. The zero-order chi connectivity index (χ0) is 19.4. The standard InChI is InChI=1S/C21H25FO5/c1-5-26-17-7-6-13(10-16(17)22)8-14-9-15-18(27-12-14)11-19(23-2)21(25-4)20(15)24-3/h6-7,10-11,14H,5,8-9,12H2,1-4H3. The molecule has 0 aliphatic carbocycles. The van der Waals surface area contributed by atoms with Crippen molar-refractivity contribution in [3.05, 3.63) is 41.2 Å². The van der Waals surface area contributed by atoms with Gasteiger partial charge in [-0.3, -0.25) is 0 Å². The van der Waals surface area contributed by atoms with Crippen LogP contribution in [0.2, 0.25) is 0 Å². The third kappa shape index (κ3) is 3.89. The lowest BCUT2D eigenvalue weighted by Crippen LogP contribution is -2.23. The molecule has 27 heavy (non-hydrogen) atoms. The van der Waals surface area contributed by atoms with E-state index in [4.69, 9.17) is 23.7 Å². The van der Waals surface area contributed by atoms with Gasteiger partial charge in [0.25, 0.3) is 0 Å². The molecule has 2 aromatic rings. The van der Waals surface area contributed by atoms with Gasteiger partial charge in [0.15, 0.2) is 23.1 Å². The van der Waals surface area contributed by atoms with Gasteiger partial charge < -0.3 is 23.7 Å². The summed E-state index contributed by atoms with van der Waals surface area (Å²) in [6.45, 7) is 2.82. The maximum absolute atomic E-state index is 14.1. The number of benzene rings is 2. The Morgan fingerprint density at radius 2 is 1.81 bits per heavy atom. The second-order valence-corrected chi connectivity index (χ2v) is 6.41. The van der Waals surface area contributed by atoms with E-state index in [1.807, 2.05) is 19.1 Å². The highest BCUT2D eigenvalue weighted by molar-refractivity contribution is 5.62. The predicted octanol–water partition coefficient (Wildman–Crippen LogP) is 4.04. The third-order valence-corrected chi connectivity index (χ3v) is 4.68. The van der Waals surface area contributed by atoms with Crippen LogP contribution in [0.1, 0.15) is 18.1 Å². The van der Waals surface area contributed by atoms with Crippen LogP contribution in [0.15, 0.2) is 24.3 Å². The molecule has 0 saturated carbocycles. The van der Waals surface area contributed by atoms with Crippen molar-refractivity contribution in [2.24, 2.45) is 5.92 Å². The molecule has 1 heterocycles. The molecule has 0 amide bonds. The molecule has 1 atom stereocenters. The van der Waals surface area contributed by atoms with E-state index in [0.29, 0.717) is 36.9 Å². The fraction of sp³-hybridized carbons (Fsp3) is 0.429. The maximum Gasteiger partial charge on any atom is 0.203 e. The molecule has 146 valence electrons. The van der Waals surface area contributed by atoms with Crippen LogP contribution in [0.3, 0.4) is 0 Å². The van der Waals surface area contributed by atoms with Crippen LogP contribution in [0.4, 0.5) is 4.39 Å². The largest absolute Gasteiger partial charge is 0.493 e. The summed E-state index contributed by atoms with van der Waals surface area (Å²) in [5.74, 6) is 2.62. The van der Waals surface area contributed by atoms with Crippen molar-refractivity contribution in [2.45, 2.75) is 19.8 Å². The summed E-state index contributed by atoms with van der Waals surface area (Å²) in [4.78, 5) is 0. The molecule has 1 unspecified atom stereocenters. The molecule has 2 aromatic carbocycles. The molecule has 0 spiro atoms. The summed E-state index contributed by atoms with van der Waals surface area (Å²) < 4.78 is 41.7. The minimum atomic E-state index is -0.338. The quantitative estimate of drug-likeness (QED) is 0.730. The normalized spacial score (nSPS) is 15.5. The molecule has 0 bridgehead atoms. The van der Waals surface area contributed by atoms with Crippen LogP contribution < -0.4 is 23.7 Å². The summed E-state index contributed by atoms with van der Waals surface area (Å²) in [5, 5.41) is 0. The smallest absolute Gasteiger partial charge is 0.203 e. The average Bonchev–Trinajstić information content (AvgIpc) is 2.68. The van der Waals surface area contributed by atoms with Crippen molar-refractivity contribution in [3.63, 3.8) is 0 Å². The Balaban J connectivity index is 1.83. The third-order valence-electron chi connectivity index (χ3n) is 4.68. The first-order chi connectivity index (χ1) is 13.1. The van der Waals surface area contributed by atoms with E-state index in [1.165, 1.54) is 6.07 Å². The highest BCUT2D eigenvalue weighted by atomic mass is 19.1. The van der Waals surface area contributed by atoms with Crippen molar-refractivity contribution in [2.75, 3.05) is 34.5 Å². The second kappa shape index (κ2) is 8.37. The first-order valence-corrected chi connectivity index (χ1v) is 8.97. The van der Waals surface area contributed by atoms with Crippen LogP contribution in [0.25, 0.3) is 0 Å². The van der Waals surface area contributed by atoms with Crippen LogP contribution in [0.5, 0.6) is 28.7 Å². The summed E-state index contributed by atoms with van der Waals surface area (Å²) >= 11 is 0. The van der Waals surface area contributed by atoms with E-state index in [2.05, 4.69) is 0 Å². The van der Waals surface area contributed by atoms with Gasteiger partial charge in [-0.05, 0) is 37.5 Å². The minimum Gasteiger partial charge on any atom is -0.493 e. The lowest BCUT2D eigenvalue weighted by Gasteiger charge is -2.28. The Labute approximate surface area is 159 Å². The van der Waals surface area contributed by atoms with Gasteiger partial charge in [0.2, 0.25) is 5.75 Å². The molecule has 3 rings (SSSR count). The minimum absolute atomic E-state index is 0.196. The highest BCUT2D eigenvalue weighted by Gasteiger charge is 2.28. The lowest BCUT2D eigenvalue weighted by atomic mass is 9.90. The van der Waals surface area contributed by atoms with E-state index in [9.17, 15) is 4.39 Å². The molecule has 0 radical (unpaired) electrons. The Hall–Kier alpha value is -2.63. The number of hydrogen-bond donors (Lipinski definition) is 0. The van der Waals surface area contributed by atoms with E-state index < -0.39 is 0 Å². The molecule has 5 nitrogen and oxygen atoms in total. The molecule has 0 fully saturated rings. The monoisotopic (exact) mass is 376 g/mol. The van der Waals surface area contributed by atoms with Gasteiger partial charge in [-0.1, -0.05) is 6.07 Å². The zero-order valence-corrected chi connectivity index (χ0v) is 16.1. The fourth-order valence-electron chi connectivity index (χ4n) is 3.48. The van der Waals surface area contributed by atoms with E-state index in [-0.39, 0.29) is 17.5 Å². The van der Waals surface area contributed by atoms with E-state index in [0.717, 1.165) is 23.3 Å². The first kappa shape index (κ1) is 19.1. The molecule has 6 heteroatoms. The number of halogens is 1. The van der Waals surface area contributed by atoms with Crippen LogP contribution in [0, 0.1) is 11.7 Å². The second-order valence-electron chi connectivity index (χ2n) is 6.41. The van der Waals surface area contributed by atoms with Crippen LogP contribution in [-0.2, 0) is 12.8 Å². The van der Waals surface area contributed by atoms with E-state index >= 15 is 0 Å². The maximum atomic E-state index is 14.1. The van der Waals surface area contributed by atoms with Gasteiger partial charge >= 0.3 is 0 Å². The van der Waals surface area contributed by atoms with Crippen molar-refractivity contribution in [1.82, 2.24) is 0 Å². The number of rotatable bonds is 7. The molecule has 1 aliphatic rings. The summed E-state index contributed by atoms with van der Waals surface area (Å²) in [6.07, 6.45) is 1.44. The molecular formula is C21H25FO5. The fourth-order valence-corrected chi connectivity index (χ4v) is 3.48.